The Kier molecular flexibility index (Phi) is 4.26. The number of hydrogen-bond donors (Lipinski definition) is 1. The highest BCUT2D eigenvalue weighted by Gasteiger charge is 1.97. The van der Waals surface area contributed by atoms with Crippen molar-refractivity contribution >= 4 is 11.4 Å². The highest BCUT2D eigenvalue weighted by atomic mass is 16.4. The molecule has 0 aliphatic rings. The van der Waals surface area contributed by atoms with Crippen LogP contribution in [0.1, 0.15) is 34.6 Å². The van der Waals surface area contributed by atoms with Gasteiger partial charge in [-0.3, -0.25) is 4.99 Å². The second kappa shape index (κ2) is 4.70. The Hall–Kier alpha value is -1.12. The van der Waals surface area contributed by atoms with E-state index in [1.54, 1.807) is 6.92 Å². The van der Waals surface area contributed by atoms with Crippen molar-refractivity contribution in [1.82, 2.24) is 0 Å². The maximum Gasteiger partial charge on any atom is 0.0976 e. The van der Waals surface area contributed by atoms with Gasteiger partial charge in [-0.25, -0.2) is 0 Å². The fraction of sp³-hybridized carbons (Fsp3) is 0.556. The zero-order chi connectivity index (χ0) is 9.72. The van der Waals surface area contributed by atoms with Crippen LogP contribution in [0.25, 0.3) is 0 Å². The standard InChI is InChI=1S/C9H16N2O/c1-6(2)7(3)10-8(4)9(5)11-12/h12H,1-5H3/b10-8?,11-9+. The molecule has 0 saturated carbocycles. The van der Waals surface area contributed by atoms with E-state index >= 15 is 0 Å². The first-order valence-electron chi connectivity index (χ1n) is 3.87. The Morgan fingerprint density at radius 2 is 1.42 bits per heavy atom. The van der Waals surface area contributed by atoms with Crippen molar-refractivity contribution in [2.45, 2.75) is 34.6 Å². The molecule has 1 N–H and O–H groups in total. The topological polar surface area (TPSA) is 45.0 Å². The van der Waals surface area contributed by atoms with Crippen molar-refractivity contribution in [1.29, 1.82) is 0 Å². The second-order valence-corrected chi connectivity index (χ2v) is 2.97. The lowest BCUT2D eigenvalue weighted by molar-refractivity contribution is 0.320. The van der Waals surface area contributed by atoms with Gasteiger partial charge in [0.05, 0.1) is 11.4 Å². The van der Waals surface area contributed by atoms with Crippen molar-refractivity contribution in [3.63, 3.8) is 0 Å². The molecule has 0 rings (SSSR count). The smallest absolute Gasteiger partial charge is 0.0976 e. The highest BCUT2D eigenvalue weighted by molar-refractivity contribution is 6.40. The molecule has 68 valence electrons. The Balaban J connectivity index is 4.70. The molecule has 12 heavy (non-hydrogen) atoms. The predicted octanol–water partition coefficient (Wildman–Crippen LogP) is 2.61. The first-order chi connectivity index (χ1) is 5.49. The Labute approximate surface area is 73.5 Å². The highest BCUT2D eigenvalue weighted by Crippen LogP contribution is 2.03. The molecule has 3 nitrogen and oxygen atoms in total. The SMILES string of the molecule is CC(=NC(C)=C(C)C)/C(C)=N/O. The molecule has 0 aromatic heterocycles. The fourth-order valence-corrected chi connectivity index (χ4v) is 0.517. The van der Waals surface area contributed by atoms with E-state index in [4.69, 9.17) is 5.21 Å². The zero-order valence-electron chi connectivity index (χ0n) is 8.34. The summed E-state index contributed by atoms with van der Waals surface area (Å²) in [6.45, 7) is 9.47. The minimum Gasteiger partial charge on any atom is -0.411 e. The number of aliphatic imine (C=N–C) groups is 1. The molecule has 0 aromatic carbocycles. The first kappa shape index (κ1) is 10.9. The third-order valence-corrected chi connectivity index (χ3v) is 1.73. The van der Waals surface area contributed by atoms with Gasteiger partial charge in [0.15, 0.2) is 0 Å². The normalized spacial score (nSPS) is 13.1. The molecule has 0 atom stereocenters. The van der Waals surface area contributed by atoms with Crippen LogP contribution in [0, 0.1) is 0 Å². The minimum absolute atomic E-state index is 0.551. The van der Waals surface area contributed by atoms with Gasteiger partial charge < -0.3 is 5.21 Å². The van der Waals surface area contributed by atoms with Gasteiger partial charge in [0.2, 0.25) is 0 Å². The summed E-state index contributed by atoms with van der Waals surface area (Å²) in [5.74, 6) is 0. The van der Waals surface area contributed by atoms with Crippen LogP contribution in [0.4, 0.5) is 0 Å². The molecule has 3 heteroatoms. The van der Waals surface area contributed by atoms with E-state index in [0.29, 0.717) is 5.71 Å². The van der Waals surface area contributed by atoms with Gasteiger partial charge in [0, 0.05) is 5.70 Å². The molecule has 0 amide bonds. The maximum atomic E-state index is 8.45. The molecule has 0 heterocycles. The molecule has 0 radical (unpaired) electrons. The van der Waals surface area contributed by atoms with Crippen LogP contribution < -0.4 is 0 Å². The summed E-state index contributed by atoms with van der Waals surface area (Å²) in [6.07, 6.45) is 0. The Bertz CT molecular complexity index is 245. The molecular formula is C9H16N2O. The summed E-state index contributed by atoms with van der Waals surface area (Å²) in [5, 5.41) is 11.5. The number of hydrogen-bond acceptors (Lipinski definition) is 3. The molecular weight excluding hydrogens is 152 g/mol. The molecule has 0 fully saturated rings. The van der Waals surface area contributed by atoms with Gasteiger partial charge in [-0.15, -0.1) is 0 Å². The number of rotatable bonds is 2. The van der Waals surface area contributed by atoms with Crippen molar-refractivity contribution in [3.05, 3.63) is 11.3 Å². The average Bonchev–Trinajstić information content (AvgIpc) is 2.02. The lowest BCUT2D eigenvalue weighted by Gasteiger charge is -1.99. The van der Waals surface area contributed by atoms with E-state index in [1.165, 1.54) is 5.57 Å². The summed E-state index contributed by atoms with van der Waals surface area (Å²) in [6, 6.07) is 0. The molecule has 0 unspecified atom stereocenters. The number of allylic oxidation sites excluding steroid dienone is 2. The average molecular weight is 168 g/mol. The van der Waals surface area contributed by atoms with Crippen molar-refractivity contribution in [2.75, 3.05) is 0 Å². The van der Waals surface area contributed by atoms with Crippen molar-refractivity contribution < 1.29 is 5.21 Å². The summed E-state index contributed by atoms with van der Waals surface area (Å²) >= 11 is 0. The molecule has 0 aliphatic carbocycles. The third kappa shape index (κ3) is 3.32. The van der Waals surface area contributed by atoms with E-state index in [-0.39, 0.29) is 0 Å². The predicted molar refractivity (Wildman–Crippen MR) is 52.1 cm³/mol. The lowest BCUT2D eigenvalue weighted by atomic mass is 10.2. The summed E-state index contributed by atoms with van der Waals surface area (Å²) in [5.41, 5.74) is 3.43. The van der Waals surface area contributed by atoms with E-state index in [0.717, 1.165) is 11.4 Å². The van der Waals surface area contributed by atoms with Gasteiger partial charge in [0.25, 0.3) is 0 Å². The molecule has 0 bridgehead atoms. The monoisotopic (exact) mass is 168 g/mol. The van der Waals surface area contributed by atoms with Crippen LogP contribution in [0.5, 0.6) is 0 Å². The zero-order valence-corrected chi connectivity index (χ0v) is 8.34. The van der Waals surface area contributed by atoms with Crippen molar-refractivity contribution in [3.8, 4) is 0 Å². The van der Waals surface area contributed by atoms with Crippen LogP contribution in [-0.4, -0.2) is 16.6 Å². The minimum atomic E-state index is 0.551. The second-order valence-electron chi connectivity index (χ2n) is 2.97. The van der Waals surface area contributed by atoms with Crippen LogP contribution in [0.2, 0.25) is 0 Å². The van der Waals surface area contributed by atoms with Gasteiger partial charge in [-0.1, -0.05) is 10.7 Å². The first-order valence-corrected chi connectivity index (χ1v) is 3.87. The van der Waals surface area contributed by atoms with Gasteiger partial charge in [-0.2, -0.15) is 0 Å². The van der Waals surface area contributed by atoms with E-state index in [2.05, 4.69) is 10.1 Å². The Morgan fingerprint density at radius 1 is 0.917 bits per heavy atom. The largest absolute Gasteiger partial charge is 0.411 e. The van der Waals surface area contributed by atoms with Gasteiger partial charge in [-0.05, 0) is 34.6 Å². The van der Waals surface area contributed by atoms with Crippen LogP contribution in [0.3, 0.4) is 0 Å². The summed E-state index contributed by atoms with van der Waals surface area (Å²) in [7, 11) is 0. The summed E-state index contributed by atoms with van der Waals surface area (Å²) < 4.78 is 0. The van der Waals surface area contributed by atoms with Gasteiger partial charge >= 0.3 is 0 Å². The van der Waals surface area contributed by atoms with E-state index in [1.807, 2.05) is 27.7 Å². The lowest BCUT2D eigenvalue weighted by Crippen LogP contribution is -2.05. The van der Waals surface area contributed by atoms with Crippen LogP contribution in [0.15, 0.2) is 21.4 Å². The summed E-state index contributed by atoms with van der Waals surface area (Å²) in [4.78, 5) is 4.25. The molecule has 0 spiro atoms. The fourth-order valence-electron chi connectivity index (χ4n) is 0.517. The third-order valence-electron chi connectivity index (χ3n) is 1.73. The van der Waals surface area contributed by atoms with E-state index < -0.39 is 0 Å². The molecule has 0 aliphatic heterocycles. The van der Waals surface area contributed by atoms with Crippen LogP contribution >= 0.6 is 0 Å². The molecule has 0 saturated heterocycles. The number of oxime groups is 1. The molecule has 0 aromatic rings. The van der Waals surface area contributed by atoms with Crippen LogP contribution in [-0.2, 0) is 0 Å². The maximum absolute atomic E-state index is 8.45. The van der Waals surface area contributed by atoms with E-state index in [9.17, 15) is 0 Å². The number of nitrogens with zero attached hydrogens (tertiary/aromatic N) is 2. The van der Waals surface area contributed by atoms with Crippen molar-refractivity contribution in [2.24, 2.45) is 10.1 Å². The quantitative estimate of drug-likeness (QED) is 0.384. The Morgan fingerprint density at radius 3 is 1.75 bits per heavy atom. The van der Waals surface area contributed by atoms with Gasteiger partial charge in [0.1, 0.15) is 0 Å².